The Morgan fingerprint density at radius 1 is 1.45 bits per heavy atom. The standard InChI is InChI=1S/C14H17N5O3/c1-21-17-13-9-19(8-12(13)7-16-18-15)14(20)22-10-11-5-3-2-4-6-11/h2-6,12H,7-10H2,1H3. The fraction of sp³-hybridized carbons (Fsp3) is 0.429. The molecule has 2 rings (SSSR count). The van der Waals surface area contributed by atoms with Gasteiger partial charge >= 0.3 is 6.09 Å². The fourth-order valence-corrected chi connectivity index (χ4v) is 2.23. The summed E-state index contributed by atoms with van der Waals surface area (Å²) in [4.78, 5) is 21.1. The van der Waals surface area contributed by atoms with Gasteiger partial charge in [0.15, 0.2) is 0 Å². The van der Waals surface area contributed by atoms with Crippen LogP contribution >= 0.6 is 0 Å². The predicted octanol–water partition coefficient (Wildman–Crippen LogP) is 2.57. The van der Waals surface area contributed by atoms with Gasteiger partial charge in [-0.3, -0.25) is 0 Å². The number of likely N-dealkylation sites (tertiary alicyclic amines) is 1. The number of nitrogens with zero attached hydrogens (tertiary/aromatic N) is 5. The molecule has 8 nitrogen and oxygen atoms in total. The first kappa shape index (κ1) is 15.7. The molecule has 1 aliphatic rings. The van der Waals surface area contributed by atoms with Crippen molar-refractivity contribution in [3.8, 4) is 0 Å². The van der Waals surface area contributed by atoms with Crippen molar-refractivity contribution < 1.29 is 14.4 Å². The van der Waals surface area contributed by atoms with Crippen LogP contribution in [-0.2, 0) is 16.2 Å². The lowest BCUT2D eigenvalue weighted by atomic mass is 10.1. The Labute approximate surface area is 127 Å². The van der Waals surface area contributed by atoms with Crippen LogP contribution in [0.25, 0.3) is 10.4 Å². The van der Waals surface area contributed by atoms with E-state index in [1.165, 1.54) is 12.0 Å². The van der Waals surface area contributed by atoms with Gasteiger partial charge in [-0.15, -0.1) is 0 Å². The highest BCUT2D eigenvalue weighted by molar-refractivity contribution is 5.93. The molecule has 1 aromatic carbocycles. The minimum Gasteiger partial charge on any atom is -0.445 e. The first-order valence-corrected chi connectivity index (χ1v) is 6.81. The van der Waals surface area contributed by atoms with Gasteiger partial charge in [0.25, 0.3) is 0 Å². The van der Waals surface area contributed by atoms with Crippen LogP contribution in [0.4, 0.5) is 4.79 Å². The number of oxime groups is 1. The monoisotopic (exact) mass is 303 g/mol. The summed E-state index contributed by atoms with van der Waals surface area (Å²) in [7, 11) is 1.44. The Hall–Kier alpha value is -2.73. The molecule has 0 aromatic heterocycles. The Bertz CT molecular complexity index is 583. The maximum absolute atomic E-state index is 12.1. The molecular formula is C14H17N5O3. The van der Waals surface area contributed by atoms with E-state index in [9.17, 15) is 4.79 Å². The molecular weight excluding hydrogens is 286 g/mol. The molecule has 8 heteroatoms. The van der Waals surface area contributed by atoms with E-state index in [1.807, 2.05) is 30.3 Å². The molecule has 0 spiro atoms. The largest absolute Gasteiger partial charge is 0.445 e. The van der Waals surface area contributed by atoms with Crippen LogP contribution in [-0.4, -0.2) is 43.4 Å². The Kier molecular flexibility index (Phi) is 5.62. The number of carbonyl (C=O) groups excluding carboxylic acids is 1. The maximum Gasteiger partial charge on any atom is 0.410 e. The zero-order valence-corrected chi connectivity index (χ0v) is 12.3. The van der Waals surface area contributed by atoms with E-state index >= 15 is 0 Å². The van der Waals surface area contributed by atoms with Gasteiger partial charge in [0.05, 0.1) is 12.3 Å². The van der Waals surface area contributed by atoms with Crippen molar-refractivity contribution >= 4 is 11.8 Å². The van der Waals surface area contributed by atoms with Crippen molar-refractivity contribution in [3.05, 3.63) is 46.3 Å². The molecule has 1 unspecified atom stereocenters. The number of rotatable bonds is 5. The van der Waals surface area contributed by atoms with Crippen LogP contribution in [0, 0.1) is 5.92 Å². The summed E-state index contributed by atoms with van der Waals surface area (Å²) in [6, 6.07) is 9.45. The molecule has 1 amide bonds. The minimum atomic E-state index is -0.420. The summed E-state index contributed by atoms with van der Waals surface area (Å²) < 4.78 is 5.28. The van der Waals surface area contributed by atoms with Gasteiger partial charge in [0.2, 0.25) is 0 Å². The summed E-state index contributed by atoms with van der Waals surface area (Å²) in [5.74, 6) is -0.139. The van der Waals surface area contributed by atoms with Gasteiger partial charge in [-0.25, -0.2) is 4.79 Å². The third-order valence-electron chi connectivity index (χ3n) is 3.30. The van der Waals surface area contributed by atoms with E-state index < -0.39 is 6.09 Å². The first-order chi connectivity index (χ1) is 10.7. The van der Waals surface area contributed by atoms with Crippen LogP contribution in [0.3, 0.4) is 0 Å². The summed E-state index contributed by atoms with van der Waals surface area (Å²) in [6.45, 7) is 1.16. The highest BCUT2D eigenvalue weighted by atomic mass is 16.6. The summed E-state index contributed by atoms with van der Waals surface area (Å²) in [5.41, 5.74) is 10.0. The summed E-state index contributed by atoms with van der Waals surface area (Å²) in [6.07, 6.45) is -0.420. The molecule has 1 atom stereocenters. The van der Waals surface area contributed by atoms with E-state index in [4.69, 9.17) is 15.1 Å². The normalized spacial score (nSPS) is 18.9. The van der Waals surface area contributed by atoms with Crippen molar-refractivity contribution in [1.29, 1.82) is 0 Å². The SMILES string of the molecule is CON=C1CN(C(=O)OCc2ccccc2)CC1CN=[N+]=[N-]. The van der Waals surface area contributed by atoms with E-state index in [-0.39, 0.29) is 19.1 Å². The van der Waals surface area contributed by atoms with E-state index in [0.29, 0.717) is 18.8 Å². The molecule has 0 N–H and O–H groups in total. The highest BCUT2D eigenvalue weighted by Gasteiger charge is 2.33. The lowest BCUT2D eigenvalue weighted by molar-refractivity contribution is 0.104. The number of amides is 1. The van der Waals surface area contributed by atoms with Gasteiger partial charge in [-0.1, -0.05) is 40.6 Å². The summed E-state index contributed by atoms with van der Waals surface area (Å²) >= 11 is 0. The van der Waals surface area contributed by atoms with E-state index in [0.717, 1.165) is 5.56 Å². The second-order valence-electron chi connectivity index (χ2n) is 4.80. The van der Waals surface area contributed by atoms with Gasteiger partial charge in [0.1, 0.15) is 13.7 Å². The molecule has 1 fully saturated rings. The number of ether oxygens (including phenoxy) is 1. The third-order valence-corrected chi connectivity index (χ3v) is 3.30. The smallest absolute Gasteiger partial charge is 0.410 e. The molecule has 1 aliphatic heterocycles. The molecule has 1 aromatic rings. The molecule has 0 saturated carbocycles. The number of hydrogen-bond donors (Lipinski definition) is 0. The van der Waals surface area contributed by atoms with Crippen LogP contribution in [0.2, 0.25) is 0 Å². The van der Waals surface area contributed by atoms with Gasteiger partial charge in [-0.2, -0.15) is 0 Å². The lowest BCUT2D eigenvalue weighted by Gasteiger charge is -2.15. The summed E-state index contributed by atoms with van der Waals surface area (Å²) in [5, 5.41) is 7.43. The number of hydrogen-bond acceptors (Lipinski definition) is 5. The van der Waals surface area contributed by atoms with Crippen molar-refractivity contribution in [2.45, 2.75) is 6.61 Å². The average Bonchev–Trinajstić information content (AvgIpc) is 2.95. The topological polar surface area (TPSA) is 99.9 Å². The zero-order valence-electron chi connectivity index (χ0n) is 12.3. The average molecular weight is 303 g/mol. The molecule has 116 valence electrons. The van der Waals surface area contributed by atoms with Crippen molar-refractivity contribution in [1.82, 2.24) is 4.90 Å². The molecule has 22 heavy (non-hydrogen) atoms. The minimum absolute atomic E-state index is 0.139. The van der Waals surface area contributed by atoms with E-state index in [2.05, 4.69) is 15.2 Å². The Morgan fingerprint density at radius 2 is 2.23 bits per heavy atom. The van der Waals surface area contributed by atoms with Crippen molar-refractivity contribution in [3.63, 3.8) is 0 Å². The second-order valence-corrected chi connectivity index (χ2v) is 4.80. The molecule has 0 aliphatic carbocycles. The number of carbonyl (C=O) groups is 1. The van der Waals surface area contributed by atoms with Gasteiger partial charge in [0, 0.05) is 23.9 Å². The molecule has 1 heterocycles. The maximum atomic E-state index is 12.1. The second kappa shape index (κ2) is 7.90. The van der Waals surface area contributed by atoms with Gasteiger partial charge < -0.3 is 14.5 Å². The van der Waals surface area contributed by atoms with Crippen LogP contribution in [0.5, 0.6) is 0 Å². The Morgan fingerprint density at radius 3 is 2.91 bits per heavy atom. The fourth-order valence-electron chi connectivity index (χ4n) is 2.23. The molecule has 0 radical (unpaired) electrons. The van der Waals surface area contributed by atoms with Crippen molar-refractivity contribution in [2.24, 2.45) is 16.2 Å². The lowest BCUT2D eigenvalue weighted by Crippen LogP contribution is -2.29. The van der Waals surface area contributed by atoms with Gasteiger partial charge in [-0.05, 0) is 11.1 Å². The highest BCUT2D eigenvalue weighted by Crippen LogP contribution is 2.17. The molecule has 0 bridgehead atoms. The first-order valence-electron chi connectivity index (χ1n) is 6.81. The van der Waals surface area contributed by atoms with Crippen LogP contribution in [0.15, 0.2) is 40.6 Å². The third kappa shape index (κ3) is 4.13. The van der Waals surface area contributed by atoms with Crippen LogP contribution in [0.1, 0.15) is 5.56 Å². The van der Waals surface area contributed by atoms with E-state index in [1.54, 1.807) is 0 Å². The number of azide groups is 1. The number of benzene rings is 1. The Balaban J connectivity index is 1.93. The van der Waals surface area contributed by atoms with Crippen molar-refractivity contribution in [2.75, 3.05) is 26.7 Å². The predicted molar refractivity (Wildman–Crippen MR) is 80.1 cm³/mol. The molecule has 1 saturated heterocycles. The quantitative estimate of drug-likeness (QED) is 0.361. The van der Waals surface area contributed by atoms with Crippen LogP contribution < -0.4 is 0 Å². The zero-order chi connectivity index (χ0) is 15.8.